The number of hydrogen-bond acceptors (Lipinski definition) is 6. The highest BCUT2D eigenvalue weighted by Gasteiger charge is 2.34. The van der Waals surface area contributed by atoms with Gasteiger partial charge in [-0.2, -0.15) is 0 Å². The molecule has 0 saturated carbocycles. The van der Waals surface area contributed by atoms with Gasteiger partial charge >= 0.3 is 5.97 Å². The second-order valence-electron chi connectivity index (χ2n) is 9.50. The van der Waals surface area contributed by atoms with Crippen molar-refractivity contribution in [1.82, 2.24) is 9.80 Å². The topological polar surface area (TPSA) is 91.0 Å². The van der Waals surface area contributed by atoms with Crippen molar-refractivity contribution in [2.75, 3.05) is 44.4 Å². The molecule has 9 heteroatoms. The Hall–Kier alpha value is -4.34. The first kappa shape index (κ1) is 26.3. The standard InChI is InChI=1S/C30H28N4O4S/c1-4-38-29(37)18-11-13-21(14-12-18)31-30(39)32-23-10-6-8-20-17-19-7-5-9-22-24(19)26(25(20)23)28(36)34(27(22)35)16-15-33(2)3/h5-14,17H,4,15-16H2,1-3H3,(H2,31,32,39). The van der Waals surface area contributed by atoms with Gasteiger partial charge < -0.3 is 20.3 Å². The van der Waals surface area contributed by atoms with Gasteiger partial charge in [0.15, 0.2) is 5.11 Å². The van der Waals surface area contributed by atoms with Crippen LogP contribution < -0.4 is 10.6 Å². The second kappa shape index (κ2) is 10.8. The third kappa shape index (κ3) is 5.06. The van der Waals surface area contributed by atoms with Crippen molar-refractivity contribution >= 4 is 68.0 Å². The van der Waals surface area contributed by atoms with Crippen LogP contribution in [0.1, 0.15) is 38.0 Å². The Bertz CT molecular complexity index is 1630. The van der Waals surface area contributed by atoms with Gasteiger partial charge in [-0.05, 0) is 86.5 Å². The van der Waals surface area contributed by atoms with E-state index in [1.54, 1.807) is 37.3 Å². The predicted molar refractivity (Wildman–Crippen MR) is 158 cm³/mol. The van der Waals surface area contributed by atoms with E-state index in [1.807, 2.05) is 55.4 Å². The molecule has 198 valence electrons. The van der Waals surface area contributed by atoms with Gasteiger partial charge in [-0.15, -0.1) is 0 Å². The summed E-state index contributed by atoms with van der Waals surface area (Å²) in [4.78, 5) is 42.4. The monoisotopic (exact) mass is 540 g/mol. The van der Waals surface area contributed by atoms with Gasteiger partial charge in [0.05, 0.1) is 17.7 Å². The molecule has 1 aliphatic rings. The molecule has 1 heterocycles. The van der Waals surface area contributed by atoms with E-state index in [1.165, 1.54) is 4.90 Å². The van der Waals surface area contributed by atoms with E-state index in [4.69, 9.17) is 17.0 Å². The number of anilines is 2. The predicted octanol–water partition coefficient (Wildman–Crippen LogP) is 5.14. The van der Waals surface area contributed by atoms with Crippen molar-refractivity contribution in [1.29, 1.82) is 0 Å². The van der Waals surface area contributed by atoms with E-state index in [0.29, 0.717) is 57.1 Å². The zero-order valence-electron chi connectivity index (χ0n) is 21.9. The molecule has 8 nitrogen and oxygen atoms in total. The number of amides is 2. The van der Waals surface area contributed by atoms with Crippen LogP contribution in [-0.4, -0.2) is 66.5 Å². The first-order valence-electron chi connectivity index (χ1n) is 12.6. The lowest BCUT2D eigenvalue weighted by Crippen LogP contribution is -2.43. The highest BCUT2D eigenvalue weighted by molar-refractivity contribution is 7.80. The van der Waals surface area contributed by atoms with Crippen LogP contribution in [0.3, 0.4) is 0 Å². The van der Waals surface area contributed by atoms with E-state index < -0.39 is 0 Å². The number of nitrogens with one attached hydrogen (secondary N) is 2. The molecule has 0 radical (unpaired) electrons. The number of esters is 1. The summed E-state index contributed by atoms with van der Waals surface area (Å²) in [6.45, 7) is 2.91. The second-order valence-corrected chi connectivity index (χ2v) is 9.91. The molecule has 0 spiro atoms. The Balaban J connectivity index is 1.52. The molecule has 0 atom stereocenters. The van der Waals surface area contributed by atoms with Crippen LogP contribution >= 0.6 is 12.2 Å². The first-order chi connectivity index (χ1) is 18.8. The average Bonchev–Trinajstić information content (AvgIpc) is 2.91. The van der Waals surface area contributed by atoms with Gasteiger partial charge in [-0.3, -0.25) is 14.5 Å². The number of benzene rings is 4. The maximum absolute atomic E-state index is 13.9. The first-order valence-corrected chi connectivity index (χ1v) is 13.0. The molecule has 0 saturated heterocycles. The minimum Gasteiger partial charge on any atom is -0.462 e. The van der Waals surface area contributed by atoms with Crippen LogP contribution in [0.2, 0.25) is 0 Å². The van der Waals surface area contributed by atoms with Crippen LogP contribution in [0.5, 0.6) is 0 Å². The lowest BCUT2D eigenvalue weighted by atomic mass is 9.89. The number of fused-ring (bicyclic) bond motifs is 2. The summed E-state index contributed by atoms with van der Waals surface area (Å²) in [5.41, 5.74) is 2.78. The summed E-state index contributed by atoms with van der Waals surface area (Å²) in [6.07, 6.45) is 0. The van der Waals surface area contributed by atoms with Crippen LogP contribution in [0.15, 0.2) is 66.7 Å². The Morgan fingerprint density at radius 3 is 2.31 bits per heavy atom. The highest BCUT2D eigenvalue weighted by Crippen LogP contribution is 2.39. The number of thiocarbonyl (C=S) groups is 1. The molecule has 0 aromatic heterocycles. The molecule has 0 bridgehead atoms. The lowest BCUT2D eigenvalue weighted by molar-refractivity contribution is 0.0524. The van der Waals surface area contributed by atoms with Crippen LogP contribution in [0.25, 0.3) is 21.5 Å². The lowest BCUT2D eigenvalue weighted by Gasteiger charge is -2.29. The molecule has 0 aliphatic carbocycles. The van der Waals surface area contributed by atoms with Crippen molar-refractivity contribution < 1.29 is 19.1 Å². The van der Waals surface area contributed by atoms with E-state index >= 15 is 0 Å². The van der Waals surface area contributed by atoms with E-state index in [-0.39, 0.29) is 24.3 Å². The molecule has 2 amide bonds. The molecule has 1 aliphatic heterocycles. The fourth-order valence-corrected chi connectivity index (χ4v) is 5.02. The maximum Gasteiger partial charge on any atom is 0.338 e. The van der Waals surface area contributed by atoms with E-state index in [9.17, 15) is 14.4 Å². The summed E-state index contributed by atoms with van der Waals surface area (Å²) < 4.78 is 5.03. The van der Waals surface area contributed by atoms with Crippen molar-refractivity contribution in [3.63, 3.8) is 0 Å². The quantitative estimate of drug-likeness (QED) is 0.144. The smallest absolute Gasteiger partial charge is 0.338 e. The number of rotatable bonds is 7. The summed E-state index contributed by atoms with van der Waals surface area (Å²) in [5, 5.41) is 9.73. The number of carbonyl (C=O) groups excluding carboxylic acids is 3. The Kier molecular flexibility index (Phi) is 7.28. The molecule has 4 aromatic carbocycles. The Labute approximate surface area is 231 Å². The van der Waals surface area contributed by atoms with Crippen LogP contribution in [0, 0.1) is 0 Å². The number of carbonyl (C=O) groups is 3. The molecular weight excluding hydrogens is 512 g/mol. The van der Waals surface area contributed by atoms with Gasteiger partial charge in [0.25, 0.3) is 11.8 Å². The third-order valence-electron chi connectivity index (χ3n) is 6.61. The van der Waals surface area contributed by atoms with E-state index in [2.05, 4.69) is 10.6 Å². The number of nitrogens with zero attached hydrogens (tertiary/aromatic N) is 2. The zero-order valence-corrected chi connectivity index (χ0v) is 22.7. The van der Waals surface area contributed by atoms with Crippen molar-refractivity contribution in [3.8, 4) is 0 Å². The zero-order chi connectivity index (χ0) is 27.7. The third-order valence-corrected chi connectivity index (χ3v) is 6.82. The summed E-state index contributed by atoms with van der Waals surface area (Å²) in [6, 6.07) is 20.0. The summed E-state index contributed by atoms with van der Waals surface area (Å²) >= 11 is 5.59. The van der Waals surface area contributed by atoms with E-state index in [0.717, 1.165) is 10.8 Å². The molecule has 0 unspecified atom stereocenters. The number of imide groups is 1. The largest absolute Gasteiger partial charge is 0.462 e. The van der Waals surface area contributed by atoms with Crippen molar-refractivity contribution in [3.05, 3.63) is 83.4 Å². The van der Waals surface area contributed by atoms with Crippen molar-refractivity contribution in [2.24, 2.45) is 0 Å². The Morgan fingerprint density at radius 1 is 0.923 bits per heavy atom. The Morgan fingerprint density at radius 2 is 1.62 bits per heavy atom. The highest BCUT2D eigenvalue weighted by atomic mass is 32.1. The average molecular weight is 541 g/mol. The molecule has 39 heavy (non-hydrogen) atoms. The fourth-order valence-electron chi connectivity index (χ4n) is 4.79. The summed E-state index contributed by atoms with van der Waals surface area (Å²) in [5.74, 6) is -0.990. The summed E-state index contributed by atoms with van der Waals surface area (Å²) in [7, 11) is 3.81. The van der Waals surface area contributed by atoms with Gasteiger partial charge in [0.1, 0.15) is 0 Å². The number of hydrogen-bond donors (Lipinski definition) is 2. The SMILES string of the molecule is CCOC(=O)c1ccc(NC(=S)Nc2cccc3cc4cccc5c4c(c23)C(=O)N(CCN(C)C)C5=O)cc1. The van der Waals surface area contributed by atoms with Crippen LogP contribution in [-0.2, 0) is 4.74 Å². The maximum atomic E-state index is 13.9. The van der Waals surface area contributed by atoms with Crippen LogP contribution in [0.4, 0.5) is 11.4 Å². The minimum atomic E-state index is -0.385. The number of likely N-dealkylation sites (N-methyl/N-ethyl adjacent to an activating group) is 1. The molecular formula is C30H28N4O4S. The van der Waals surface area contributed by atoms with Gasteiger partial charge in [-0.25, -0.2) is 4.79 Å². The molecule has 0 fully saturated rings. The van der Waals surface area contributed by atoms with Gasteiger partial charge in [-0.1, -0.05) is 24.3 Å². The normalized spacial score (nSPS) is 12.8. The fraction of sp³-hybridized carbons (Fsp3) is 0.200. The van der Waals surface area contributed by atoms with Crippen molar-refractivity contribution in [2.45, 2.75) is 6.92 Å². The minimum absolute atomic E-state index is 0.284. The molecule has 4 aromatic rings. The van der Waals surface area contributed by atoms with Gasteiger partial charge in [0, 0.05) is 40.8 Å². The molecule has 5 rings (SSSR count). The molecule has 2 N–H and O–H groups in total. The van der Waals surface area contributed by atoms with Gasteiger partial charge in [0.2, 0.25) is 0 Å². The number of ether oxygens (including phenoxy) is 1.